The Kier molecular flexibility index (Phi) is 3.30. The van der Waals surface area contributed by atoms with Crippen LogP contribution in [-0.4, -0.2) is 36.6 Å². The summed E-state index contributed by atoms with van der Waals surface area (Å²) >= 11 is 2.30. The van der Waals surface area contributed by atoms with Crippen LogP contribution in [0.2, 0.25) is 0 Å². The molecule has 1 unspecified atom stereocenters. The van der Waals surface area contributed by atoms with E-state index in [-0.39, 0.29) is 9.77 Å². The van der Waals surface area contributed by atoms with Crippen LogP contribution in [-0.2, 0) is 19.6 Å². The van der Waals surface area contributed by atoms with E-state index in [1.165, 1.54) is 23.6 Å². The third-order valence-electron chi connectivity index (χ3n) is 3.04. The van der Waals surface area contributed by atoms with Crippen LogP contribution in [0.25, 0.3) is 0 Å². The molecule has 2 aromatic rings. The predicted molar refractivity (Wildman–Crippen MR) is 77.8 cm³/mol. The maximum atomic E-state index is 12.3. The first-order valence-corrected chi connectivity index (χ1v) is 8.93. The number of hydrogen-bond acceptors (Lipinski definition) is 7. The molecule has 0 aromatic carbocycles. The fourth-order valence-corrected chi connectivity index (χ4v) is 5.19. The van der Waals surface area contributed by atoms with Gasteiger partial charge in [-0.25, -0.2) is 17.7 Å². The summed E-state index contributed by atoms with van der Waals surface area (Å²) in [5, 5.41) is 6.14. The molecule has 3 rings (SSSR count). The van der Waals surface area contributed by atoms with E-state index in [9.17, 15) is 18.0 Å². The summed E-state index contributed by atoms with van der Waals surface area (Å²) in [6.45, 7) is 0. The number of carbonyl (C=O) groups is 2. The second kappa shape index (κ2) is 4.90. The molecule has 0 fully saturated rings. The number of aromatic nitrogens is 1. The molecule has 0 spiro atoms. The number of likely N-dealkylation sites (N-methyl/N-ethyl adjacent to an activating group) is 1. The van der Waals surface area contributed by atoms with Gasteiger partial charge in [-0.15, -0.1) is 22.7 Å². The van der Waals surface area contributed by atoms with E-state index in [4.69, 9.17) is 0 Å². The molecule has 10 heteroatoms. The van der Waals surface area contributed by atoms with Crippen molar-refractivity contribution in [2.75, 3.05) is 12.4 Å². The lowest BCUT2D eigenvalue weighted by atomic mass is 10.1. The van der Waals surface area contributed by atoms with Crippen molar-refractivity contribution in [1.82, 2.24) is 9.29 Å². The lowest BCUT2D eigenvalue weighted by Gasteiger charge is -2.27. The zero-order chi connectivity index (χ0) is 15.2. The zero-order valence-corrected chi connectivity index (χ0v) is 13.1. The maximum Gasteiger partial charge on any atom is 0.267 e. The molecule has 3 heterocycles. The maximum absolute atomic E-state index is 12.3. The highest BCUT2D eigenvalue weighted by atomic mass is 32.2. The van der Waals surface area contributed by atoms with Gasteiger partial charge in [0.15, 0.2) is 11.0 Å². The Morgan fingerprint density at radius 1 is 1.38 bits per heavy atom. The Balaban J connectivity index is 2.03. The van der Waals surface area contributed by atoms with E-state index in [2.05, 4.69) is 10.3 Å². The second-order valence-corrected chi connectivity index (χ2v) is 8.00. The Morgan fingerprint density at radius 2 is 2.14 bits per heavy atom. The monoisotopic (exact) mass is 343 g/mol. The number of carbonyl (C=O) groups excluding carboxylic acids is 2. The fourth-order valence-electron chi connectivity index (χ4n) is 1.99. The lowest BCUT2D eigenvalue weighted by molar-refractivity contribution is -0.132. The highest BCUT2D eigenvalue weighted by Crippen LogP contribution is 2.38. The quantitative estimate of drug-likeness (QED) is 0.823. The van der Waals surface area contributed by atoms with Crippen LogP contribution in [0.4, 0.5) is 5.13 Å². The molecule has 2 amide bonds. The molecular formula is C11H9N3O4S3. The highest BCUT2D eigenvalue weighted by molar-refractivity contribution is 7.90. The van der Waals surface area contributed by atoms with Gasteiger partial charge in [0.05, 0.1) is 0 Å². The van der Waals surface area contributed by atoms with Crippen molar-refractivity contribution in [3.63, 3.8) is 0 Å². The number of rotatable bonds is 2. The van der Waals surface area contributed by atoms with Gasteiger partial charge in [0, 0.05) is 23.5 Å². The molecule has 1 N–H and O–H groups in total. The molecule has 2 aromatic heterocycles. The van der Waals surface area contributed by atoms with E-state index in [0.29, 0.717) is 9.44 Å². The summed E-state index contributed by atoms with van der Waals surface area (Å²) in [6.07, 6.45) is 1.52. The normalized spacial score (nSPS) is 20.1. The second-order valence-electron chi connectivity index (χ2n) is 4.22. The van der Waals surface area contributed by atoms with Crippen LogP contribution in [0.1, 0.15) is 10.8 Å². The molecule has 21 heavy (non-hydrogen) atoms. The first-order valence-electron chi connectivity index (χ1n) is 5.73. The number of nitrogens with one attached hydrogen (secondary N) is 1. The molecule has 7 nitrogen and oxygen atoms in total. The van der Waals surface area contributed by atoms with Gasteiger partial charge in [-0.2, -0.15) is 0 Å². The zero-order valence-electron chi connectivity index (χ0n) is 10.6. The van der Waals surface area contributed by atoms with Crippen molar-refractivity contribution in [3.05, 3.63) is 27.9 Å². The number of sulfonamides is 1. The van der Waals surface area contributed by atoms with Gasteiger partial charge in [0.2, 0.25) is 5.91 Å². The van der Waals surface area contributed by atoms with Crippen molar-refractivity contribution in [2.45, 2.75) is 10.8 Å². The van der Waals surface area contributed by atoms with Gasteiger partial charge in [-0.1, -0.05) is 0 Å². The Bertz CT molecular complexity index is 810. The standard InChI is InChI=1S/C11H9N3O4S3/c1-14-10(16)7(9(15)13-11-12-3-5-20-11)8-6(2-4-19-8)21(14,17)18/h2-5,7H,1H3,(H,12,13,15). The molecule has 0 bridgehead atoms. The van der Waals surface area contributed by atoms with Crippen molar-refractivity contribution in [3.8, 4) is 0 Å². The molecule has 0 saturated carbocycles. The molecule has 110 valence electrons. The first-order chi connectivity index (χ1) is 9.93. The fraction of sp³-hybridized carbons (Fsp3) is 0.182. The number of nitrogens with zero attached hydrogens (tertiary/aromatic N) is 2. The number of amides is 2. The van der Waals surface area contributed by atoms with E-state index in [0.717, 1.165) is 18.4 Å². The summed E-state index contributed by atoms with van der Waals surface area (Å²) in [6, 6.07) is 1.40. The van der Waals surface area contributed by atoms with Crippen LogP contribution in [0.5, 0.6) is 0 Å². The summed E-state index contributed by atoms with van der Waals surface area (Å²) in [5.74, 6) is -2.52. The van der Waals surface area contributed by atoms with Crippen LogP contribution in [0.3, 0.4) is 0 Å². The highest BCUT2D eigenvalue weighted by Gasteiger charge is 2.45. The van der Waals surface area contributed by atoms with Crippen molar-refractivity contribution in [2.24, 2.45) is 0 Å². The Hall–Kier alpha value is -1.78. The van der Waals surface area contributed by atoms with Crippen LogP contribution in [0.15, 0.2) is 27.9 Å². The van der Waals surface area contributed by atoms with Crippen LogP contribution < -0.4 is 5.32 Å². The minimum atomic E-state index is -3.85. The summed E-state index contributed by atoms with van der Waals surface area (Å²) in [4.78, 5) is 28.7. The summed E-state index contributed by atoms with van der Waals surface area (Å²) < 4.78 is 24.9. The van der Waals surface area contributed by atoms with E-state index in [1.807, 2.05) is 0 Å². The molecule has 0 radical (unpaired) electrons. The predicted octanol–water partition coefficient (Wildman–Crippen LogP) is 1.09. The number of thiophene rings is 1. The minimum absolute atomic E-state index is 0.00823. The van der Waals surface area contributed by atoms with Gasteiger partial charge in [-0.3, -0.25) is 9.59 Å². The van der Waals surface area contributed by atoms with Gasteiger partial charge in [0.25, 0.3) is 15.9 Å². The van der Waals surface area contributed by atoms with Crippen molar-refractivity contribution in [1.29, 1.82) is 0 Å². The largest absolute Gasteiger partial charge is 0.301 e. The van der Waals surface area contributed by atoms with Gasteiger partial charge < -0.3 is 5.32 Å². The third kappa shape index (κ3) is 2.15. The van der Waals surface area contributed by atoms with Crippen LogP contribution >= 0.6 is 22.7 Å². The molecular weight excluding hydrogens is 334 g/mol. The number of hydrogen-bond donors (Lipinski definition) is 1. The smallest absolute Gasteiger partial charge is 0.267 e. The van der Waals surface area contributed by atoms with Gasteiger partial charge in [-0.05, 0) is 11.4 Å². The Morgan fingerprint density at radius 3 is 2.81 bits per heavy atom. The van der Waals surface area contributed by atoms with E-state index >= 15 is 0 Å². The molecule has 0 aliphatic carbocycles. The molecule has 0 saturated heterocycles. The number of anilines is 1. The Labute approximate surface area is 128 Å². The van der Waals surface area contributed by atoms with Crippen LogP contribution in [0, 0.1) is 0 Å². The van der Waals surface area contributed by atoms with E-state index in [1.54, 1.807) is 10.8 Å². The van der Waals surface area contributed by atoms with E-state index < -0.39 is 27.8 Å². The van der Waals surface area contributed by atoms with Gasteiger partial charge >= 0.3 is 0 Å². The topological polar surface area (TPSA) is 96.4 Å². The molecule has 1 aliphatic heterocycles. The first kappa shape index (κ1) is 14.2. The molecule has 1 aliphatic rings. The average Bonchev–Trinajstić information content (AvgIpc) is 3.08. The van der Waals surface area contributed by atoms with Crippen molar-refractivity contribution < 1.29 is 18.0 Å². The van der Waals surface area contributed by atoms with Gasteiger partial charge in [0.1, 0.15) is 4.90 Å². The minimum Gasteiger partial charge on any atom is -0.301 e. The summed E-state index contributed by atoms with van der Waals surface area (Å²) in [7, 11) is -2.70. The molecule has 1 atom stereocenters. The number of thiazole rings is 1. The summed E-state index contributed by atoms with van der Waals surface area (Å²) in [5.41, 5.74) is 0. The average molecular weight is 343 g/mol. The number of fused-ring (bicyclic) bond motifs is 1. The van der Waals surface area contributed by atoms with Crippen molar-refractivity contribution >= 4 is 49.6 Å². The SMILES string of the molecule is CN1C(=O)C(C(=O)Nc2nccs2)c2sccc2S1(=O)=O. The lowest BCUT2D eigenvalue weighted by Crippen LogP contribution is -2.45. The third-order valence-corrected chi connectivity index (χ3v) is 6.65.